The van der Waals surface area contributed by atoms with Gasteiger partial charge in [0.2, 0.25) is 0 Å². The topological polar surface area (TPSA) is 0 Å². The fourth-order valence-electron chi connectivity index (χ4n) is 0.364. The quantitative estimate of drug-likeness (QED) is 0.597. The zero-order valence-corrected chi connectivity index (χ0v) is 5.56. The summed E-state index contributed by atoms with van der Waals surface area (Å²) in [5, 5.41) is 0. The summed E-state index contributed by atoms with van der Waals surface area (Å²) in [4.78, 5) is 0. The van der Waals surface area contributed by atoms with E-state index in [2.05, 4.69) is 6.92 Å². The van der Waals surface area contributed by atoms with Gasteiger partial charge in [0.15, 0.2) is 0 Å². The van der Waals surface area contributed by atoms with E-state index >= 15 is 0 Å². The summed E-state index contributed by atoms with van der Waals surface area (Å²) >= 11 is 0. The minimum Gasteiger partial charge on any atom is -0.200 e. The van der Waals surface area contributed by atoms with Gasteiger partial charge in [0.25, 0.3) is 0 Å². The summed E-state index contributed by atoms with van der Waals surface area (Å²) in [5.41, 5.74) is 0. The van der Waals surface area contributed by atoms with Crippen LogP contribution >= 0.6 is 0 Å². The lowest BCUT2D eigenvalue weighted by Crippen LogP contribution is -2.51. The van der Waals surface area contributed by atoms with Gasteiger partial charge in [0.05, 0.1) is 0 Å². The van der Waals surface area contributed by atoms with E-state index < -0.39 is 24.4 Å². The molecule has 0 aromatic heterocycles. The highest BCUT2D eigenvalue weighted by atomic mass is 19.4. The van der Waals surface area contributed by atoms with Crippen LogP contribution in [0.4, 0.5) is 30.7 Å². The molecule has 0 heterocycles. The summed E-state index contributed by atoms with van der Waals surface area (Å²) in [6.45, 7) is 2.31. The molecule has 12 heavy (non-hydrogen) atoms. The van der Waals surface area contributed by atoms with Crippen molar-refractivity contribution in [2.24, 2.45) is 0 Å². The molecule has 0 aliphatic heterocycles. The third-order valence-electron chi connectivity index (χ3n) is 1.13. The molecule has 0 aliphatic carbocycles. The number of alkyl halides is 7. The number of hydrogen-bond donors (Lipinski definition) is 0. The molecule has 1 radical (unpaired) electrons. The molecular weight excluding hydrogens is 193 g/mol. The molecule has 0 aromatic rings. The van der Waals surface area contributed by atoms with Crippen molar-refractivity contribution < 1.29 is 30.7 Å². The zero-order chi connectivity index (χ0) is 10.2. The standard InChI is InChI=1S/C5H4F7/c1-2-3(6,7)4(8,9)5(10,11)12/h1-2H2. The van der Waals surface area contributed by atoms with Gasteiger partial charge in [-0.25, -0.2) is 0 Å². The second kappa shape index (κ2) is 2.77. The van der Waals surface area contributed by atoms with Crippen molar-refractivity contribution in [3.05, 3.63) is 6.92 Å². The summed E-state index contributed by atoms with van der Waals surface area (Å²) in [7, 11) is 0. The average Bonchev–Trinajstić information content (AvgIpc) is 1.85. The summed E-state index contributed by atoms with van der Waals surface area (Å²) < 4.78 is 81.2. The predicted octanol–water partition coefficient (Wildman–Crippen LogP) is 3.04. The number of hydrogen-bond acceptors (Lipinski definition) is 0. The van der Waals surface area contributed by atoms with E-state index in [-0.39, 0.29) is 0 Å². The van der Waals surface area contributed by atoms with Crippen molar-refractivity contribution >= 4 is 0 Å². The molecule has 0 aliphatic rings. The second-order valence-electron chi connectivity index (χ2n) is 2.03. The van der Waals surface area contributed by atoms with Gasteiger partial charge in [-0.05, 0) is 6.92 Å². The molecule has 0 fully saturated rings. The van der Waals surface area contributed by atoms with Crippen LogP contribution in [0.15, 0.2) is 0 Å². The first-order chi connectivity index (χ1) is 5.06. The van der Waals surface area contributed by atoms with E-state index in [1.165, 1.54) is 0 Å². The van der Waals surface area contributed by atoms with Crippen LogP contribution in [-0.4, -0.2) is 18.0 Å². The van der Waals surface area contributed by atoms with E-state index in [1.807, 2.05) is 0 Å². The maximum Gasteiger partial charge on any atom is 0.459 e. The lowest BCUT2D eigenvalue weighted by atomic mass is 10.1. The summed E-state index contributed by atoms with van der Waals surface area (Å²) in [6, 6.07) is 0. The van der Waals surface area contributed by atoms with Crippen molar-refractivity contribution in [2.75, 3.05) is 0 Å². The SMILES string of the molecule is [CH2]CC(F)(F)C(F)(F)C(F)(F)F. The van der Waals surface area contributed by atoms with Crippen molar-refractivity contribution in [2.45, 2.75) is 24.4 Å². The Bertz CT molecular complexity index is 156. The lowest BCUT2D eigenvalue weighted by Gasteiger charge is -2.26. The minimum atomic E-state index is -6.24. The van der Waals surface area contributed by atoms with Crippen molar-refractivity contribution in [3.63, 3.8) is 0 Å². The largest absolute Gasteiger partial charge is 0.459 e. The average molecular weight is 197 g/mol. The predicted molar refractivity (Wildman–Crippen MR) is 25.9 cm³/mol. The molecule has 0 nitrogen and oxygen atoms in total. The van der Waals surface area contributed by atoms with Crippen LogP contribution in [0.2, 0.25) is 0 Å². The van der Waals surface area contributed by atoms with Crippen molar-refractivity contribution in [3.8, 4) is 0 Å². The van der Waals surface area contributed by atoms with Crippen LogP contribution in [0.3, 0.4) is 0 Å². The molecule has 0 rings (SSSR count). The third-order valence-corrected chi connectivity index (χ3v) is 1.13. The Morgan fingerprint density at radius 1 is 0.833 bits per heavy atom. The van der Waals surface area contributed by atoms with Gasteiger partial charge in [0, 0.05) is 6.42 Å². The maximum absolute atomic E-state index is 11.9. The lowest BCUT2D eigenvalue weighted by molar-refractivity contribution is -0.353. The molecule has 0 saturated carbocycles. The van der Waals surface area contributed by atoms with Gasteiger partial charge in [-0.3, -0.25) is 0 Å². The van der Waals surface area contributed by atoms with E-state index in [0.717, 1.165) is 0 Å². The monoisotopic (exact) mass is 197 g/mol. The van der Waals surface area contributed by atoms with Gasteiger partial charge in [-0.1, -0.05) is 0 Å². The van der Waals surface area contributed by atoms with Gasteiger partial charge < -0.3 is 0 Å². The molecule has 0 N–H and O–H groups in total. The van der Waals surface area contributed by atoms with Gasteiger partial charge in [0.1, 0.15) is 0 Å². The maximum atomic E-state index is 11.9. The first-order valence-electron chi connectivity index (χ1n) is 2.68. The Morgan fingerprint density at radius 2 is 1.17 bits per heavy atom. The first kappa shape index (κ1) is 11.5. The Labute approximate surface area is 63.4 Å². The van der Waals surface area contributed by atoms with Crippen LogP contribution in [0.1, 0.15) is 6.42 Å². The van der Waals surface area contributed by atoms with Crippen LogP contribution in [0.5, 0.6) is 0 Å². The molecule has 0 amide bonds. The summed E-state index contributed by atoms with van der Waals surface area (Å²) in [5.74, 6) is -11.2. The normalized spacial score (nSPS) is 15.0. The van der Waals surface area contributed by atoms with Gasteiger partial charge in [-0.2, -0.15) is 30.7 Å². The molecule has 0 spiro atoms. The van der Waals surface area contributed by atoms with Crippen LogP contribution in [0, 0.1) is 6.92 Å². The molecule has 0 aromatic carbocycles. The highest BCUT2D eigenvalue weighted by molar-refractivity contribution is 4.91. The molecular formula is C5H4F7. The Hall–Kier alpha value is -0.490. The fraction of sp³-hybridized carbons (Fsp3) is 0.800. The Kier molecular flexibility index (Phi) is 2.66. The highest BCUT2D eigenvalue weighted by Gasteiger charge is 2.71. The summed E-state index contributed by atoms with van der Waals surface area (Å²) in [6.07, 6.45) is -8.05. The molecule has 0 bridgehead atoms. The smallest absolute Gasteiger partial charge is 0.200 e. The fourth-order valence-corrected chi connectivity index (χ4v) is 0.364. The number of halogens is 7. The number of rotatable bonds is 2. The minimum absolute atomic E-state index is 1.81. The van der Waals surface area contributed by atoms with Gasteiger partial charge in [-0.15, -0.1) is 0 Å². The van der Waals surface area contributed by atoms with Crippen molar-refractivity contribution in [1.29, 1.82) is 0 Å². The molecule has 0 unspecified atom stereocenters. The Morgan fingerprint density at radius 3 is 1.25 bits per heavy atom. The first-order valence-corrected chi connectivity index (χ1v) is 2.68. The second-order valence-corrected chi connectivity index (χ2v) is 2.03. The van der Waals surface area contributed by atoms with E-state index in [9.17, 15) is 30.7 Å². The van der Waals surface area contributed by atoms with Crippen LogP contribution < -0.4 is 0 Å². The van der Waals surface area contributed by atoms with Crippen molar-refractivity contribution in [1.82, 2.24) is 0 Å². The molecule has 0 atom stereocenters. The van der Waals surface area contributed by atoms with E-state index in [1.54, 1.807) is 0 Å². The Balaban J connectivity index is 4.85. The third kappa shape index (κ3) is 1.64. The molecule has 0 saturated heterocycles. The highest BCUT2D eigenvalue weighted by Crippen LogP contribution is 2.47. The van der Waals surface area contributed by atoms with Gasteiger partial charge >= 0.3 is 18.0 Å². The molecule has 73 valence electrons. The zero-order valence-electron chi connectivity index (χ0n) is 5.56. The van der Waals surface area contributed by atoms with E-state index in [0.29, 0.717) is 0 Å². The molecule has 7 heteroatoms. The van der Waals surface area contributed by atoms with Crippen LogP contribution in [0.25, 0.3) is 0 Å². The van der Waals surface area contributed by atoms with E-state index in [4.69, 9.17) is 0 Å². The van der Waals surface area contributed by atoms with Crippen LogP contribution in [-0.2, 0) is 0 Å².